The number of thioether (sulfide) groups is 1. The number of hydrogen-bond donors (Lipinski definition) is 1. The number of aryl methyl sites for hydroxylation is 3. The predicted molar refractivity (Wildman–Crippen MR) is 107 cm³/mol. The van der Waals surface area contributed by atoms with E-state index in [0.29, 0.717) is 11.6 Å². The Bertz CT molecular complexity index is 989. The van der Waals surface area contributed by atoms with E-state index in [-0.39, 0.29) is 12.2 Å². The highest BCUT2D eigenvalue weighted by molar-refractivity contribution is 7.99. The summed E-state index contributed by atoms with van der Waals surface area (Å²) in [5, 5.41) is 10.5. The third-order valence-electron chi connectivity index (χ3n) is 4.52. The van der Waals surface area contributed by atoms with Gasteiger partial charge in [-0.25, -0.2) is 4.98 Å². The first-order valence-electron chi connectivity index (χ1n) is 8.28. The van der Waals surface area contributed by atoms with Crippen molar-refractivity contribution in [2.24, 2.45) is 0 Å². The predicted octanol–water partition coefficient (Wildman–Crippen LogP) is 4.16. The lowest BCUT2D eigenvalue weighted by Crippen LogP contribution is -2.22. The quantitative estimate of drug-likeness (QED) is 0.414. The summed E-state index contributed by atoms with van der Waals surface area (Å²) in [5.74, 6) is 0.725. The molecule has 0 atom stereocenters. The molecular weight excluding hydrogens is 352 g/mol. The minimum Gasteiger partial charge on any atom is -0.396 e. The van der Waals surface area contributed by atoms with Gasteiger partial charge in [-0.15, -0.1) is 11.3 Å². The average molecular weight is 375 g/mol. The number of fused-ring (bicyclic) bond motifs is 1. The Balaban J connectivity index is 2.31. The summed E-state index contributed by atoms with van der Waals surface area (Å²) in [6.45, 7) is 8.25. The van der Waals surface area contributed by atoms with Crippen molar-refractivity contribution in [2.75, 3.05) is 12.4 Å². The molecule has 3 rings (SSSR count). The van der Waals surface area contributed by atoms with Crippen LogP contribution < -0.4 is 5.56 Å². The van der Waals surface area contributed by atoms with Gasteiger partial charge in [0.2, 0.25) is 0 Å². The van der Waals surface area contributed by atoms with Crippen LogP contribution in [0.2, 0.25) is 0 Å². The first kappa shape index (κ1) is 18.2. The zero-order chi connectivity index (χ0) is 18.1. The van der Waals surface area contributed by atoms with Gasteiger partial charge < -0.3 is 5.11 Å². The van der Waals surface area contributed by atoms with Gasteiger partial charge in [-0.3, -0.25) is 9.36 Å². The highest BCUT2D eigenvalue weighted by Crippen LogP contribution is 2.30. The molecule has 1 N–H and O–H groups in total. The second kappa shape index (κ2) is 7.32. The van der Waals surface area contributed by atoms with Gasteiger partial charge in [0, 0.05) is 17.2 Å². The monoisotopic (exact) mass is 374 g/mol. The topological polar surface area (TPSA) is 55.1 Å². The average Bonchev–Trinajstić information content (AvgIpc) is 2.86. The summed E-state index contributed by atoms with van der Waals surface area (Å²) in [6.07, 6.45) is 0.674. The van der Waals surface area contributed by atoms with Gasteiger partial charge in [-0.05, 0) is 56.9 Å². The molecule has 0 unspecified atom stereocenters. The normalized spacial score (nSPS) is 11.4. The van der Waals surface area contributed by atoms with E-state index < -0.39 is 0 Å². The maximum Gasteiger partial charge on any atom is 0.267 e. The molecule has 25 heavy (non-hydrogen) atoms. The second-order valence-electron chi connectivity index (χ2n) is 6.14. The third kappa shape index (κ3) is 3.26. The van der Waals surface area contributed by atoms with Crippen LogP contribution in [0.4, 0.5) is 0 Å². The first-order chi connectivity index (χ1) is 12.0. The van der Waals surface area contributed by atoms with Crippen LogP contribution in [-0.2, 0) is 0 Å². The summed E-state index contributed by atoms with van der Waals surface area (Å²) in [7, 11) is 0. The Hall–Kier alpha value is -1.63. The van der Waals surface area contributed by atoms with Crippen LogP contribution in [0.25, 0.3) is 15.9 Å². The van der Waals surface area contributed by atoms with Crippen molar-refractivity contribution >= 4 is 33.3 Å². The summed E-state index contributed by atoms with van der Waals surface area (Å²) in [4.78, 5) is 20.1. The van der Waals surface area contributed by atoms with Gasteiger partial charge >= 0.3 is 0 Å². The van der Waals surface area contributed by atoms with Crippen molar-refractivity contribution in [1.82, 2.24) is 9.55 Å². The summed E-state index contributed by atoms with van der Waals surface area (Å²) < 4.78 is 1.74. The molecule has 0 radical (unpaired) electrons. The molecule has 0 bridgehead atoms. The van der Waals surface area contributed by atoms with Crippen molar-refractivity contribution < 1.29 is 5.11 Å². The first-order valence-corrected chi connectivity index (χ1v) is 10.1. The molecule has 4 nitrogen and oxygen atoms in total. The van der Waals surface area contributed by atoms with Crippen molar-refractivity contribution in [2.45, 2.75) is 39.3 Å². The van der Waals surface area contributed by atoms with E-state index in [9.17, 15) is 4.79 Å². The van der Waals surface area contributed by atoms with E-state index in [1.165, 1.54) is 11.8 Å². The van der Waals surface area contributed by atoms with E-state index in [1.807, 2.05) is 45.9 Å². The zero-order valence-corrected chi connectivity index (χ0v) is 16.6. The summed E-state index contributed by atoms with van der Waals surface area (Å²) in [6, 6.07) is 6.00. The van der Waals surface area contributed by atoms with Crippen molar-refractivity contribution in [3.63, 3.8) is 0 Å². The van der Waals surface area contributed by atoms with E-state index in [0.717, 1.165) is 43.2 Å². The molecular formula is C19H22N2O2S2. The molecule has 132 valence electrons. The summed E-state index contributed by atoms with van der Waals surface area (Å²) in [5.41, 5.74) is 4.12. The van der Waals surface area contributed by atoms with Crippen LogP contribution in [0.3, 0.4) is 0 Å². The minimum atomic E-state index is -0.00736. The van der Waals surface area contributed by atoms with E-state index in [4.69, 9.17) is 10.1 Å². The molecule has 0 aliphatic rings. The van der Waals surface area contributed by atoms with E-state index in [1.54, 1.807) is 15.9 Å². The SMILES string of the molecule is Cc1cccc(-n2c(SCCCO)nc3sc(C)c(C)c3c2=O)c1C. The third-order valence-corrected chi connectivity index (χ3v) is 6.65. The molecule has 2 aromatic heterocycles. The van der Waals surface area contributed by atoms with Crippen LogP contribution in [0, 0.1) is 27.7 Å². The van der Waals surface area contributed by atoms with E-state index in [2.05, 4.69) is 0 Å². The maximum absolute atomic E-state index is 13.3. The molecule has 0 aliphatic heterocycles. The Morgan fingerprint density at radius 3 is 2.68 bits per heavy atom. The number of aliphatic hydroxyl groups is 1. The standard InChI is InChI=1S/C19H22N2O2S2/c1-11-7-5-8-15(12(11)2)21-18(23)16-13(3)14(4)25-17(16)20-19(21)24-10-6-9-22/h5,7-8,22H,6,9-10H2,1-4H3. The number of nitrogens with zero attached hydrogens (tertiary/aromatic N) is 2. The van der Waals surface area contributed by atoms with Crippen LogP contribution in [0.1, 0.15) is 28.0 Å². The van der Waals surface area contributed by atoms with E-state index >= 15 is 0 Å². The largest absolute Gasteiger partial charge is 0.396 e. The second-order valence-corrected chi connectivity index (χ2v) is 8.41. The Morgan fingerprint density at radius 2 is 1.96 bits per heavy atom. The zero-order valence-electron chi connectivity index (χ0n) is 14.9. The highest BCUT2D eigenvalue weighted by atomic mass is 32.2. The molecule has 0 aliphatic carbocycles. The van der Waals surface area contributed by atoms with Crippen molar-refractivity contribution in [3.8, 4) is 5.69 Å². The Morgan fingerprint density at radius 1 is 1.20 bits per heavy atom. The molecule has 0 saturated carbocycles. The minimum absolute atomic E-state index is 0.00736. The number of rotatable bonds is 5. The summed E-state index contributed by atoms with van der Waals surface area (Å²) >= 11 is 3.09. The smallest absolute Gasteiger partial charge is 0.267 e. The van der Waals surface area contributed by atoms with Crippen LogP contribution >= 0.6 is 23.1 Å². The fourth-order valence-electron chi connectivity index (χ4n) is 2.79. The van der Waals surface area contributed by atoms with Crippen LogP contribution in [-0.4, -0.2) is 27.0 Å². The molecule has 0 saturated heterocycles. The molecule has 3 aromatic rings. The number of thiophene rings is 1. The van der Waals surface area contributed by atoms with Crippen LogP contribution in [0.5, 0.6) is 0 Å². The van der Waals surface area contributed by atoms with Gasteiger partial charge in [-0.2, -0.15) is 0 Å². The number of benzene rings is 1. The van der Waals surface area contributed by atoms with Gasteiger partial charge in [-0.1, -0.05) is 23.9 Å². The molecule has 0 fully saturated rings. The number of aliphatic hydroxyl groups excluding tert-OH is 1. The van der Waals surface area contributed by atoms with Crippen molar-refractivity contribution in [3.05, 3.63) is 50.1 Å². The van der Waals surface area contributed by atoms with Gasteiger partial charge in [0.05, 0.1) is 11.1 Å². The lowest BCUT2D eigenvalue weighted by atomic mass is 10.1. The van der Waals surface area contributed by atoms with Gasteiger partial charge in [0.25, 0.3) is 5.56 Å². The molecule has 0 spiro atoms. The highest BCUT2D eigenvalue weighted by Gasteiger charge is 2.19. The fourth-order valence-corrected chi connectivity index (χ4v) is 4.79. The van der Waals surface area contributed by atoms with Crippen LogP contribution in [0.15, 0.2) is 28.2 Å². The molecule has 0 amide bonds. The molecule has 6 heteroatoms. The number of hydrogen-bond acceptors (Lipinski definition) is 5. The Kier molecular flexibility index (Phi) is 5.32. The molecule has 2 heterocycles. The fraction of sp³-hybridized carbons (Fsp3) is 0.368. The lowest BCUT2D eigenvalue weighted by Gasteiger charge is -2.15. The maximum atomic E-state index is 13.3. The van der Waals surface area contributed by atoms with Gasteiger partial charge in [0.1, 0.15) is 4.83 Å². The Labute approximate surface area is 155 Å². The number of aromatic nitrogens is 2. The van der Waals surface area contributed by atoms with Gasteiger partial charge in [0.15, 0.2) is 5.16 Å². The molecule has 1 aromatic carbocycles. The van der Waals surface area contributed by atoms with Crippen molar-refractivity contribution in [1.29, 1.82) is 0 Å². The lowest BCUT2D eigenvalue weighted by molar-refractivity contribution is 0.296.